The largest absolute Gasteiger partial charge is 0.311 e. The van der Waals surface area contributed by atoms with E-state index in [1.54, 1.807) is 0 Å². The number of hydrogen-bond donors (Lipinski definition) is 1. The lowest BCUT2D eigenvalue weighted by Gasteiger charge is -2.49. The molecule has 2 saturated carbocycles. The second-order valence-corrected chi connectivity index (χ2v) is 7.68. The highest BCUT2D eigenvalue weighted by atomic mass is 35.5. The topological polar surface area (TPSA) is 12.0 Å². The standard InChI is InChI=1S/C18H25Cl2N/c1-13(21-15-6-3-2-4-7-15)18(10-5-11-18)14-8-9-16(19)17(20)12-14/h8-9,12-13,15,21H,2-7,10-11H2,1H3. The Morgan fingerprint density at radius 2 is 1.76 bits per heavy atom. The van der Waals surface area contributed by atoms with Crippen LogP contribution in [-0.2, 0) is 5.41 Å². The molecule has 0 spiro atoms. The molecule has 1 unspecified atom stereocenters. The summed E-state index contributed by atoms with van der Waals surface area (Å²) >= 11 is 12.3. The number of nitrogens with one attached hydrogen (secondary N) is 1. The van der Waals surface area contributed by atoms with Crippen LogP contribution >= 0.6 is 23.2 Å². The summed E-state index contributed by atoms with van der Waals surface area (Å²) < 4.78 is 0. The molecule has 0 bridgehead atoms. The molecule has 2 aliphatic carbocycles. The smallest absolute Gasteiger partial charge is 0.0595 e. The van der Waals surface area contributed by atoms with Crippen molar-refractivity contribution >= 4 is 23.2 Å². The zero-order chi connectivity index (χ0) is 14.9. The van der Waals surface area contributed by atoms with Gasteiger partial charge in [-0.25, -0.2) is 0 Å². The minimum atomic E-state index is 0.256. The predicted octanol–water partition coefficient (Wildman–Crippen LogP) is 5.73. The molecular formula is C18H25Cl2N. The molecule has 0 aliphatic heterocycles. The summed E-state index contributed by atoms with van der Waals surface area (Å²) in [6.07, 6.45) is 10.7. The maximum absolute atomic E-state index is 6.25. The first-order valence-corrected chi connectivity index (χ1v) is 9.09. The molecule has 3 heteroatoms. The minimum Gasteiger partial charge on any atom is -0.311 e. The zero-order valence-corrected chi connectivity index (χ0v) is 14.3. The van der Waals surface area contributed by atoms with Gasteiger partial charge in [0.05, 0.1) is 10.0 Å². The number of hydrogen-bond acceptors (Lipinski definition) is 1. The lowest BCUT2D eigenvalue weighted by atomic mass is 9.60. The van der Waals surface area contributed by atoms with E-state index in [4.69, 9.17) is 23.2 Å². The summed E-state index contributed by atoms with van der Waals surface area (Å²) in [6.45, 7) is 2.36. The third-order valence-electron chi connectivity index (χ3n) is 5.66. The molecule has 21 heavy (non-hydrogen) atoms. The van der Waals surface area contributed by atoms with Gasteiger partial charge in [0.1, 0.15) is 0 Å². The number of halogens is 2. The summed E-state index contributed by atoms with van der Waals surface area (Å²) in [5.74, 6) is 0. The van der Waals surface area contributed by atoms with Crippen LogP contribution in [0.2, 0.25) is 10.0 Å². The zero-order valence-electron chi connectivity index (χ0n) is 12.8. The summed E-state index contributed by atoms with van der Waals surface area (Å²) in [6, 6.07) is 7.42. The lowest BCUT2D eigenvalue weighted by molar-refractivity contribution is 0.160. The van der Waals surface area contributed by atoms with Gasteiger partial charge in [0, 0.05) is 17.5 Å². The average Bonchev–Trinajstić information content (AvgIpc) is 2.42. The summed E-state index contributed by atoms with van der Waals surface area (Å²) in [7, 11) is 0. The molecule has 1 atom stereocenters. The van der Waals surface area contributed by atoms with E-state index in [-0.39, 0.29) is 5.41 Å². The van der Waals surface area contributed by atoms with Crippen molar-refractivity contribution in [2.75, 3.05) is 0 Å². The molecule has 1 aromatic carbocycles. The lowest BCUT2D eigenvalue weighted by Crippen LogP contribution is -2.54. The molecular weight excluding hydrogens is 301 g/mol. The van der Waals surface area contributed by atoms with E-state index in [2.05, 4.69) is 24.4 Å². The molecule has 1 aromatic rings. The first-order valence-electron chi connectivity index (χ1n) is 8.33. The van der Waals surface area contributed by atoms with Crippen molar-refractivity contribution in [2.24, 2.45) is 0 Å². The van der Waals surface area contributed by atoms with Crippen LogP contribution in [0.1, 0.15) is 63.9 Å². The van der Waals surface area contributed by atoms with E-state index in [0.717, 1.165) is 0 Å². The third-order valence-corrected chi connectivity index (χ3v) is 6.40. The van der Waals surface area contributed by atoms with Crippen molar-refractivity contribution in [1.29, 1.82) is 0 Å². The highest BCUT2D eigenvalue weighted by Gasteiger charge is 2.44. The summed E-state index contributed by atoms with van der Waals surface area (Å²) in [4.78, 5) is 0. The highest BCUT2D eigenvalue weighted by molar-refractivity contribution is 6.42. The van der Waals surface area contributed by atoms with E-state index >= 15 is 0 Å². The van der Waals surface area contributed by atoms with Crippen LogP contribution in [0, 0.1) is 0 Å². The van der Waals surface area contributed by atoms with Gasteiger partial charge in [-0.2, -0.15) is 0 Å². The maximum Gasteiger partial charge on any atom is 0.0595 e. The monoisotopic (exact) mass is 325 g/mol. The Balaban J connectivity index is 1.76. The van der Waals surface area contributed by atoms with E-state index in [1.165, 1.54) is 56.9 Å². The van der Waals surface area contributed by atoms with Crippen molar-refractivity contribution in [1.82, 2.24) is 5.32 Å². The van der Waals surface area contributed by atoms with Gasteiger partial charge in [-0.15, -0.1) is 0 Å². The fourth-order valence-electron chi connectivity index (χ4n) is 4.12. The van der Waals surface area contributed by atoms with Crippen molar-refractivity contribution in [3.05, 3.63) is 33.8 Å². The maximum atomic E-state index is 6.25. The Bertz CT molecular complexity index is 490. The summed E-state index contributed by atoms with van der Waals surface area (Å²) in [5.41, 5.74) is 1.62. The second kappa shape index (κ2) is 6.48. The Morgan fingerprint density at radius 3 is 2.33 bits per heavy atom. The van der Waals surface area contributed by atoms with Crippen LogP contribution in [0.15, 0.2) is 18.2 Å². The Labute approximate surface area is 138 Å². The molecule has 2 fully saturated rings. The molecule has 0 heterocycles. The fourth-order valence-corrected chi connectivity index (χ4v) is 4.42. The van der Waals surface area contributed by atoms with E-state index < -0.39 is 0 Å². The molecule has 0 amide bonds. The van der Waals surface area contributed by atoms with Gasteiger partial charge in [0.2, 0.25) is 0 Å². The van der Waals surface area contributed by atoms with E-state index in [0.29, 0.717) is 22.1 Å². The Morgan fingerprint density at radius 1 is 1.05 bits per heavy atom. The first-order chi connectivity index (χ1) is 10.1. The molecule has 116 valence electrons. The van der Waals surface area contributed by atoms with Gasteiger partial charge in [0.15, 0.2) is 0 Å². The van der Waals surface area contributed by atoms with Crippen LogP contribution < -0.4 is 5.32 Å². The SMILES string of the molecule is CC(NC1CCCCC1)C1(c2ccc(Cl)c(Cl)c2)CCC1. The Kier molecular flexibility index (Phi) is 4.83. The van der Waals surface area contributed by atoms with Crippen LogP contribution in [0.5, 0.6) is 0 Å². The van der Waals surface area contributed by atoms with Gasteiger partial charge in [0.25, 0.3) is 0 Å². The highest BCUT2D eigenvalue weighted by Crippen LogP contribution is 2.47. The van der Waals surface area contributed by atoms with Gasteiger partial charge < -0.3 is 5.32 Å². The van der Waals surface area contributed by atoms with E-state index in [1.807, 2.05) is 6.07 Å². The summed E-state index contributed by atoms with van der Waals surface area (Å²) in [5, 5.41) is 5.26. The normalized spacial score (nSPS) is 23.6. The molecule has 0 radical (unpaired) electrons. The van der Waals surface area contributed by atoms with Crippen LogP contribution in [0.3, 0.4) is 0 Å². The minimum absolute atomic E-state index is 0.256. The average molecular weight is 326 g/mol. The number of rotatable bonds is 4. The van der Waals surface area contributed by atoms with Gasteiger partial charge >= 0.3 is 0 Å². The van der Waals surface area contributed by atoms with Crippen LogP contribution in [-0.4, -0.2) is 12.1 Å². The predicted molar refractivity (Wildman–Crippen MR) is 91.5 cm³/mol. The molecule has 0 aromatic heterocycles. The van der Waals surface area contributed by atoms with Crippen molar-refractivity contribution in [2.45, 2.75) is 75.8 Å². The molecule has 2 aliphatic rings. The van der Waals surface area contributed by atoms with Crippen LogP contribution in [0.4, 0.5) is 0 Å². The molecule has 1 nitrogen and oxygen atoms in total. The number of benzene rings is 1. The molecule has 1 N–H and O–H groups in total. The van der Waals surface area contributed by atoms with Crippen LogP contribution in [0.25, 0.3) is 0 Å². The van der Waals surface area contributed by atoms with E-state index in [9.17, 15) is 0 Å². The fraction of sp³-hybridized carbons (Fsp3) is 0.667. The Hall–Kier alpha value is -0.240. The molecule has 0 saturated heterocycles. The molecule has 3 rings (SSSR count). The quantitative estimate of drug-likeness (QED) is 0.745. The third kappa shape index (κ3) is 3.11. The van der Waals surface area contributed by atoms with Crippen molar-refractivity contribution in [3.8, 4) is 0 Å². The van der Waals surface area contributed by atoms with Crippen molar-refractivity contribution in [3.63, 3.8) is 0 Å². The second-order valence-electron chi connectivity index (χ2n) is 6.86. The van der Waals surface area contributed by atoms with Gasteiger partial charge in [-0.3, -0.25) is 0 Å². The van der Waals surface area contributed by atoms with Crippen molar-refractivity contribution < 1.29 is 0 Å². The van der Waals surface area contributed by atoms with Gasteiger partial charge in [-0.05, 0) is 50.3 Å². The van der Waals surface area contributed by atoms with Gasteiger partial charge in [-0.1, -0.05) is 55.0 Å². The first kappa shape index (κ1) is 15.6.